The summed E-state index contributed by atoms with van der Waals surface area (Å²) >= 11 is 0. The number of ether oxygens (including phenoxy) is 6. The van der Waals surface area contributed by atoms with Gasteiger partial charge in [0.15, 0.2) is 0 Å². The molecular weight excluding hydrogens is 562 g/mol. The normalized spacial score (nSPS) is 13.8. The Hall–Kier alpha value is -4.48. The van der Waals surface area contributed by atoms with Crippen LogP contribution in [0.25, 0.3) is 6.08 Å². The first-order valence-corrected chi connectivity index (χ1v) is 13.9. The lowest BCUT2D eigenvalue weighted by Gasteiger charge is -2.31. The van der Waals surface area contributed by atoms with Crippen molar-refractivity contribution >= 4 is 30.0 Å². The smallest absolute Gasteiger partial charge is 0.340 e. The fraction of sp³-hybridized carbons (Fsp3) is 0.484. The number of hydrogen-bond acceptors (Lipinski definition) is 11. The third kappa shape index (κ3) is 10.1. The van der Waals surface area contributed by atoms with E-state index in [4.69, 9.17) is 33.5 Å². The van der Waals surface area contributed by atoms with Gasteiger partial charge in [-0.3, -0.25) is 10.1 Å². The van der Waals surface area contributed by atoms with E-state index in [2.05, 4.69) is 5.32 Å². The van der Waals surface area contributed by atoms with Crippen LogP contribution >= 0.6 is 0 Å². The zero-order chi connectivity index (χ0) is 32.2. The highest BCUT2D eigenvalue weighted by Gasteiger charge is 2.42. The molecule has 0 saturated heterocycles. The number of unbranched alkanes of at least 4 members (excludes halogenated alkanes) is 1. The van der Waals surface area contributed by atoms with Crippen LogP contribution in [0.15, 0.2) is 47.2 Å². The van der Waals surface area contributed by atoms with E-state index in [1.807, 2.05) is 0 Å². The Labute approximate surface area is 251 Å². The van der Waals surface area contributed by atoms with Crippen LogP contribution in [0.2, 0.25) is 0 Å². The quantitative estimate of drug-likeness (QED) is 0.128. The standard InChI is InChI=1S/C31H41NO11/c1-8-40-29(36)25-24(26(30(37)41-9-2)28(39-7)32-27(25)38-6)21-18-20(42-17-11-10-12-22(33)34)15-13-19(21)14-16-23(35)43-31(3,4)5/h13-16,18,24,32H,8-12,17H2,1-7H3,(H,33,34)/b16-14+. The summed E-state index contributed by atoms with van der Waals surface area (Å²) in [5, 5.41) is 11.7. The Morgan fingerprint density at radius 3 is 2.00 bits per heavy atom. The summed E-state index contributed by atoms with van der Waals surface area (Å²) in [5.41, 5.74) is 0.0420. The number of hydrogen-bond donors (Lipinski definition) is 2. The third-order valence-electron chi connectivity index (χ3n) is 5.92. The first-order chi connectivity index (χ1) is 20.4. The monoisotopic (exact) mass is 603 g/mol. The van der Waals surface area contributed by atoms with Gasteiger partial charge in [0.1, 0.15) is 22.5 Å². The lowest BCUT2D eigenvalue weighted by Crippen LogP contribution is -2.35. The molecule has 2 rings (SSSR count). The lowest BCUT2D eigenvalue weighted by atomic mass is 9.80. The molecule has 1 aliphatic heterocycles. The number of dihydropyridines is 1. The molecule has 0 aromatic heterocycles. The van der Waals surface area contributed by atoms with E-state index in [0.29, 0.717) is 29.7 Å². The summed E-state index contributed by atoms with van der Waals surface area (Å²) in [7, 11) is 2.70. The van der Waals surface area contributed by atoms with Crippen molar-refractivity contribution < 1.29 is 52.7 Å². The van der Waals surface area contributed by atoms with Gasteiger partial charge in [0.2, 0.25) is 11.8 Å². The number of carboxylic acid groups (broad SMARTS) is 1. The van der Waals surface area contributed by atoms with Gasteiger partial charge in [-0.15, -0.1) is 0 Å². The molecular formula is C31H41NO11. The summed E-state index contributed by atoms with van der Waals surface area (Å²) < 4.78 is 33.0. The van der Waals surface area contributed by atoms with E-state index in [-0.39, 0.29) is 49.2 Å². The van der Waals surface area contributed by atoms with Crippen LogP contribution in [0.5, 0.6) is 5.75 Å². The van der Waals surface area contributed by atoms with E-state index in [1.54, 1.807) is 52.8 Å². The molecule has 0 amide bonds. The zero-order valence-electron chi connectivity index (χ0n) is 25.7. The third-order valence-corrected chi connectivity index (χ3v) is 5.92. The number of carbonyl (C=O) groups excluding carboxylic acids is 3. The molecule has 1 aliphatic rings. The first-order valence-electron chi connectivity index (χ1n) is 13.9. The van der Waals surface area contributed by atoms with Crippen molar-refractivity contribution in [3.63, 3.8) is 0 Å². The highest BCUT2D eigenvalue weighted by molar-refractivity contribution is 6.00. The summed E-state index contributed by atoms with van der Waals surface area (Å²) in [6.45, 7) is 8.84. The topological polar surface area (TPSA) is 156 Å². The minimum absolute atomic E-state index is 0.00425. The van der Waals surface area contributed by atoms with Crippen LogP contribution < -0.4 is 10.1 Å². The van der Waals surface area contributed by atoms with E-state index < -0.39 is 35.4 Å². The SMILES string of the molecule is CCOC(=O)C1=C(OC)NC(OC)=C(C(=O)OCC)C1c1cc(OCCCCC(=O)O)ccc1/C=C/C(=O)OC(C)(C)C. The average molecular weight is 604 g/mol. The molecule has 0 bridgehead atoms. The molecule has 2 N–H and O–H groups in total. The van der Waals surface area contributed by atoms with Crippen LogP contribution in [0, 0.1) is 0 Å². The molecule has 12 nitrogen and oxygen atoms in total. The van der Waals surface area contributed by atoms with Crippen molar-refractivity contribution in [2.45, 2.75) is 65.4 Å². The molecule has 0 aliphatic carbocycles. The summed E-state index contributed by atoms with van der Waals surface area (Å²) in [6, 6.07) is 4.95. The Balaban J connectivity index is 2.78. The van der Waals surface area contributed by atoms with Crippen molar-refractivity contribution in [3.8, 4) is 5.75 Å². The second kappa shape index (κ2) is 16.2. The van der Waals surface area contributed by atoms with E-state index >= 15 is 0 Å². The van der Waals surface area contributed by atoms with E-state index in [0.717, 1.165) is 0 Å². The van der Waals surface area contributed by atoms with Gasteiger partial charge in [-0.25, -0.2) is 14.4 Å². The van der Waals surface area contributed by atoms with Crippen molar-refractivity contribution in [2.24, 2.45) is 0 Å². The number of rotatable bonds is 15. The van der Waals surface area contributed by atoms with Crippen LogP contribution in [0.3, 0.4) is 0 Å². The van der Waals surface area contributed by atoms with Crippen molar-refractivity contribution in [1.29, 1.82) is 0 Å². The first kappa shape index (κ1) is 34.7. The van der Waals surface area contributed by atoms with E-state index in [1.165, 1.54) is 26.4 Å². The minimum atomic E-state index is -1.14. The van der Waals surface area contributed by atoms with Gasteiger partial charge in [-0.1, -0.05) is 6.07 Å². The number of carboxylic acids is 1. The number of carbonyl (C=O) groups is 4. The Kier molecular flexibility index (Phi) is 13.1. The molecule has 236 valence electrons. The number of esters is 3. The zero-order valence-corrected chi connectivity index (χ0v) is 25.7. The Morgan fingerprint density at radius 1 is 0.930 bits per heavy atom. The van der Waals surface area contributed by atoms with Crippen LogP contribution in [0.4, 0.5) is 0 Å². The number of benzene rings is 1. The summed E-state index contributed by atoms with van der Waals surface area (Å²) in [4.78, 5) is 50.2. The van der Waals surface area contributed by atoms with Crippen LogP contribution in [0.1, 0.15) is 70.9 Å². The number of aliphatic carboxylic acids is 1. The Bertz CT molecular complexity index is 1230. The molecule has 0 atom stereocenters. The molecule has 0 fully saturated rings. The predicted molar refractivity (Wildman–Crippen MR) is 156 cm³/mol. The van der Waals surface area contributed by atoms with Gasteiger partial charge in [0.05, 0.1) is 40.0 Å². The fourth-order valence-corrected chi connectivity index (χ4v) is 4.22. The van der Waals surface area contributed by atoms with Gasteiger partial charge < -0.3 is 33.5 Å². The highest BCUT2D eigenvalue weighted by atomic mass is 16.6. The summed E-state index contributed by atoms with van der Waals surface area (Å²) in [5.74, 6) is -3.77. The number of methoxy groups -OCH3 is 2. The molecule has 1 heterocycles. The lowest BCUT2D eigenvalue weighted by molar-refractivity contribution is -0.148. The second-order valence-electron chi connectivity index (χ2n) is 10.2. The maximum atomic E-state index is 13.4. The minimum Gasteiger partial charge on any atom is -0.494 e. The maximum absolute atomic E-state index is 13.4. The Morgan fingerprint density at radius 2 is 1.51 bits per heavy atom. The van der Waals surface area contributed by atoms with Gasteiger partial charge >= 0.3 is 23.9 Å². The molecule has 43 heavy (non-hydrogen) atoms. The average Bonchev–Trinajstić information content (AvgIpc) is 2.94. The van der Waals surface area contributed by atoms with Crippen molar-refractivity contribution in [1.82, 2.24) is 5.32 Å². The number of nitrogens with one attached hydrogen (secondary N) is 1. The highest BCUT2D eigenvalue weighted by Crippen LogP contribution is 2.42. The van der Waals surface area contributed by atoms with Crippen molar-refractivity contribution in [2.75, 3.05) is 34.0 Å². The second-order valence-corrected chi connectivity index (χ2v) is 10.2. The van der Waals surface area contributed by atoms with Gasteiger partial charge in [0.25, 0.3) is 0 Å². The van der Waals surface area contributed by atoms with Crippen LogP contribution in [-0.4, -0.2) is 68.6 Å². The van der Waals surface area contributed by atoms with Gasteiger partial charge in [-0.05, 0) is 76.8 Å². The molecule has 0 unspecified atom stereocenters. The molecule has 0 spiro atoms. The molecule has 0 radical (unpaired) electrons. The maximum Gasteiger partial charge on any atom is 0.340 e. The summed E-state index contributed by atoms with van der Waals surface area (Å²) in [6.07, 6.45) is 3.67. The van der Waals surface area contributed by atoms with E-state index in [9.17, 15) is 19.2 Å². The molecule has 12 heteroatoms. The largest absolute Gasteiger partial charge is 0.494 e. The van der Waals surface area contributed by atoms with Gasteiger partial charge in [-0.2, -0.15) is 0 Å². The van der Waals surface area contributed by atoms with Gasteiger partial charge in [0, 0.05) is 12.5 Å². The molecule has 0 saturated carbocycles. The van der Waals surface area contributed by atoms with Crippen molar-refractivity contribution in [3.05, 3.63) is 58.3 Å². The predicted octanol–water partition coefficient (Wildman–Crippen LogP) is 4.20. The van der Waals surface area contributed by atoms with Crippen LogP contribution in [-0.2, 0) is 42.9 Å². The molecule has 1 aromatic rings. The molecule has 1 aromatic carbocycles. The fourth-order valence-electron chi connectivity index (χ4n) is 4.22.